The second-order valence-corrected chi connectivity index (χ2v) is 23.3. The number of hydrogen-bond acceptors (Lipinski definition) is 13. The summed E-state index contributed by atoms with van der Waals surface area (Å²) in [6.07, 6.45) is -0.504. The second kappa shape index (κ2) is 30.9. The molecule has 0 bridgehead atoms. The van der Waals surface area contributed by atoms with Crippen LogP contribution in [0.4, 0.5) is 0 Å². The van der Waals surface area contributed by atoms with E-state index in [1.165, 1.54) is 45.1 Å². The summed E-state index contributed by atoms with van der Waals surface area (Å²) in [6, 6.07) is -3.85. The molecule has 23 nitrogen and oxygen atoms in total. The van der Waals surface area contributed by atoms with Gasteiger partial charge in [-0.15, -0.1) is 0 Å². The smallest absolute Gasteiger partial charge is 0.329 e. The van der Waals surface area contributed by atoms with E-state index >= 15 is 0 Å². The fourth-order valence-corrected chi connectivity index (χ4v) is 10.5. The molecule has 0 saturated carbocycles. The van der Waals surface area contributed by atoms with Crippen LogP contribution in [-0.4, -0.2) is 198 Å². The minimum atomic E-state index is -1.69. The van der Waals surface area contributed by atoms with E-state index in [4.69, 9.17) is 9.47 Å². The van der Waals surface area contributed by atoms with Crippen molar-refractivity contribution in [2.75, 3.05) is 48.4 Å². The Morgan fingerprint density at radius 2 is 1.17 bits per heavy atom. The number of fused-ring (bicyclic) bond motifs is 1. The van der Waals surface area contributed by atoms with Gasteiger partial charge in [0.25, 0.3) is 5.91 Å². The highest BCUT2D eigenvalue weighted by Gasteiger charge is 2.45. The minimum Gasteiger partial charge on any atom is -0.497 e. The lowest BCUT2D eigenvalue weighted by molar-refractivity contribution is -0.168. The molecule has 81 heavy (non-hydrogen) atoms. The van der Waals surface area contributed by atoms with Crippen LogP contribution in [0.3, 0.4) is 0 Å². The van der Waals surface area contributed by atoms with Crippen molar-refractivity contribution in [3.63, 3.8) is 0 Å². The topological polar surface area (TPSA) is 291 Å². The number of benzene rings is 1. The van der Waals surface area contributed by atoms with Gasteiger partial charge in [-0.1, -0.05) is 108 Å². The Morgan fingerprint density at radius 1 is 0.617 bits per heavy atom. The molecule has 2 heterocycles. The molecule has 5 N–H and O–H groups in total. The van der Waals surface area contributed by atoms with Crippen molar-refractivity contribution >= 4 is 65.1 Å². The number of nitrogens with zero attached hydrogens (tertiary/aromatic N) is 5. The van der Waals surface area contributed by atoms with E-state index < -0.39 is 168 Å². The van der Waals surface area contributed by atoms with Crippen molar-refractivity contribution in [2.45, 2.75) is 182 Å². The monoisotopic (exact) mass is 1140 g/mol. The quantitative estimate of drug-likeness (QED) is 0.178. The van der Waals surface area contributed by atoms with Gasteiger partial charge in [0.1, 0.15) is 54.1 Å². The normalized spacial score (nSPS) is 26.5. The van der Waals surface area contributed by atoms with Crippen molar-refractivity contribution in [3.05, 3.63) is 29.8 Å². The largest absolute Gasteiger partial charge is 0.497 e. The van der Waals surface area contributed by atoms with E-state index in [0.29, 0.717) is 37.0 Å². The number of ether oxygens (including phenoxy) is 2. The zero-order valence-electron chi connectivity index (χ0n) is 50.8. The first-order valence-corrected chi connectivity index (χ1v) is 28.5. The Morgan fingerprint density at radius 3 is 1.69 bits per heavy atom. The van der Waals surface area contributed by atoms with Gasteiger partial charge in [-0.2, -0.15) is 0 Å². The van der Waals surface area contributed by atoms with Crippen LogP contribution in [0.1, 0.15) is 127 Å². The SMILES string of the molecule is CC[C@H](C)[C@H]1C(=O)NCC(=O)N(C)[C@@H](C(C)C)C(=O)N[C@@H](Cc2ccc(OC)cc2)C(=O)O[C@H](C(C)C)C(=O)N2CCCC[C@H]2C(=O)N[C@@H](C(C)C)C(=O)N[C@@H](C(C)C)C(=O)N(C)[C@@H](CC(=O)O)C(=O)N(C)[C@@H]([C@@H](C)CC)C(=O)N1C. The first kappa shape index (κ1) is 68.5. The number of carbonyl (C=O) groups excluding carboxylic acids is 10. The predicted molar refractivity (Wildman–Crippen MR) is 301 cm³/mol. The zero-order valence-corrected chi connectivity index (χ0v) is 50.8. The van der Waals surface area contributed by atoms with E-state index in [9.17, 15) is 57.8 Å². The molecule has 0 radical (unpaired) electrons. The second-order valence-electron chi connectivity index (χ2n) is 23.3. The summed E-state index contributed by atoms with van der Waals surface area (Å²) >= 11 is 0. The first-order chi connectivity index (χ1) is 37.9. The van der Waals surface area contributed by atoms with Crippen molar-refractivity contribution in [1.82, 2.24) is 45.8 Å². The van der Waals surface area contributed by atoms with Crippen molar-refractivity contribution in [3.8, 4) is 5.75 Å². The highest BCUT2D eigenvalue weighted by atomic mass is 16.6. The van der Waals surface area contributed by atoms with E-state index in [2.05, 4.69) is 21.3 Å². The number of carboxylic acids is 1. The lowest BCUT2D eigenvalue weighted by Gasteiger charge is -2.41. The standard InChI is InChI=1S/C58H93N9O14/c1-18-35(11)47-52(73)59-30-42(68)64(14)46(33(7)8)53(74)60-39(28-37-23-25-38(80-17)26-24-37)58(79)81-49(34(9)10)57(78)67-27-21-20-22-40(67)50(71)61-44(31(3)4)51(72)62-45(32(5)6)55(76)63(13)41(29-43(69)70)54(75)66(16)48(36(12)19-2)56(77)65(47)15/h23-26,31-36,39-41,44-49H,18-22,27-30H2,1-17H3,(H,59,73)(H,60,74)(H,61,71)(H,62,72)(H,69,70)/t35-,36-,39-,40-,41-,44-,45-,46-,47-,48-,49+/m0/s1. The van der Waals surface area contributed by atoms with E-state index in [1.54, 1.807) is 100 Å². The third kappa shape index (κ3) is 17.6. The van der Waals surface area contributed by atoms with Gasteiger partial charge < -0.3 is 60.3 Å². The first-order valence-electron chi connectivity index (χ1n) is 28.5. The molecule has 11 atom stereocenters. The third-order valence-electron chi connectivity index (χ3n) is 15.9. The summed E-state index contributed by atoms with van der Waals surface area (Å²) in [6.45, 7) is 19.9. The number of likely N-dealkylation sites (N-methyl/N-ethyl adjacent to an activating group) is 4. The van der Waals surface area contributed by atoms with Crippen molar-refractivity contribution in [1.29, 1.82) is 0 Å². The lowest BCUT2D eigenvalue weighted by Crippen LogP contribution is -2.63. The van der Waals surface area contributed by atoms with E-state index in [0.717, 1.165) is 14.7 Å². The Labute approximate surface area is 478 Å². The van der Waals surface area contributed by atoms with Gasteiger partial charge >= 0.3 is 11.9 Å². The van der Waals surface area contributed by atoms with Crippen molar-refractivity contribution in [2.24, 2.45) is 35.5 Å². The highest BCUT2D eigenvalue weighted by Crippen LogP contribution is 2.26. The molecule has 0 spiro atoms. The third-order valence-corrected chi connectivity index (χ3v) is 15.9. The summed E-state index contributed by atoms with van der Waals surface area (Å²) < 4.78 is 11.4. The highest BCUT2D eigenvalue weighted by molar-refractivity contribution is 5.99. The molecule has 3 rings (SSSR count). The summed E-state index contributed by atoms with van der Waals surface area (Å²) in [7, 11) is 6.82. The van der Waals surface area contributed by atoms with Gasteiger partial charge in [-0.25, -0.2) is 4.79 Å². The average molecular weight is 1140 g/mol. The fraction of sp³-hybridized carbons (Fsp3) is 0.707. The number of carboxylic acid groups (broad SMARTS) is 1. The Hall–Kier alpha value is -6.81. The van der Waals surface area contributed by atoms with Crippen LogP contribution in [0, 0.1) is 35.5 Å². The maximum Gasteiger partial charge on any atom is 0.329 e. The van der Waals surface area contributed by atoms with Crippen LogP contribution in [0.15, 0.2) is 24.3 Å². The lowest BCUT2D eigenvalue weighted by atomic mass is 9.92. The number of carbonyl (C=O) groups is 11. The molecule has 2 saturated heterocycles. The van der Waals surface area contributed by atoms with Gasteiger partial charge in [0, 0.05) is 41.2 Å². The van der Waals surface area contributed by atoms with Gasteiger partial charge in [0.15, 0.2) is 6.10 Å². The Balaban J connectivity index is 2.29. The van der Waals surface area contributed by atoms with Crippen LogP contribution >= 0.6 is 0 Å². The summed E-state index contributed by atoms with van der Waals surface area (Å²) in [5.74, 6) is -12.1. The molecule has 2 aliphatic rings. The number of piperidine rings is 1. The Kier molecular flexibility index (Phi) is 26.1. The van der Waals surface area contributed by atoms with Crippen LogP contribution in [0.2, 0.25) is 0 Å². The van der Waals surface area contributed by atoms with Crippen LogP contribution in [0.5, 0.6) is 5.75 Å². The summed E-state index contributed by atoms with van der Waals surface area (Å²) in [4.78, 5) is 164. The molecule has 2 aliphatic heterocycles. The minimum absolute atomic E-state index is 0.0993. The number of hydrogen-bond donors (Lipinski definition) is 5. The number of amides is 9. The number of cyclic esters (lactones) is 1. The number of rotatable bonds is 13. The summed E-state index contributed by atoms with van der Waals surface area (Å²) in [5, 5.41) is 21.2. The molecule has 0 aromatic heterocycles. The molecule has 454 valence electrons. The number of aliphatic carboxylic acids is 1. The Bertz CT molecular complexity index is 2400. The zero-order chi connectivity index (χ0) is 61.5. The fourth-order valence-electron chi connectivity index (χ4n) is 10.5. The maximum atomic E-state index is 14.9. The molecule has 0 unspecified atom stereocenters. The average Bonchev–Trinajstić information content (AvgIpc) is 3.51. The number of methoxy groups -OCH3 is 1. The predicted octanol–water partition coefficient (Wildman–Crippen LogP) is 2.61. The molecule has 1 aromatic rings. The number of esters is 1. The van der Waals surface area contributed by atoms with E-state index in [1.807, 2.05) is 6.92 Å². The molecule has 23 heteroatoms. The summed E-state index contributed by atoms with van der Waals surface area (Å²) in [5.41, 5.74) is 0.582. The molecular weight excluding hydrogens is 1050 g/mol. The van der Waals surface area contributed by atoms with Crippen LogP contribution in [0.25, 0.3) is 0 Å². The maximum absolute atomic E-state index is 14.9. The van der Waals surface area contributed by atoms with Gasteiger partial charge in [0.2, 0.25) is 47.3 Å². The van der Waals surface area contributed by atoms with Gasteiger partial charge in [-0.05, 0) is 72.5 Å². The van der Waals surface area contributed by atoms with E-state index in [-0.39, 0.29) is 19.4 Å². The van der Waals surface area contributed by atoms with Gasteiger partial charge in [-0.3, -0.25) is 47.9 Å². The number of nitrogens with one attached hydrogen (secondary N) is 4. The molecule has 0 aliphatic carbocycles. The molecule has 1 aromatic carbocycles. The molecule has 9 amide bonds. The van der Waals surface area contributed by atoms with Gasteiger partial charge in [0.05, 0.1) is 20.1 Å². The molecule has 2 fully saturated rings. The van der Waals surface area contributed by atoms with Crippen LogP contribution in [-0.2, 0) is 63.9 Å². The molecular formula is C58H93N9O14. The van der Waals surface area contributed by atoms with Crippen LogP contribution < -0.4 is 26.0 Å². The van der Waals surface area contributed by atoms with Crippen molar-refractivity contribution < 1.29 is 67.3 Å².